The van der Waals surface area contributed by atoms with Crippen molar-refractivity contribution in [3.63, 3.8) is 0 Å². The van der Waals surface area contributed by atoms with Crippen molar-refractivity contribution in [2.24, 2.45) is 11.1 Å². The molecule has 1 fully saturated rings. The molecule has 1 saturated carbocycles. The number of esters is 1. The summed E-state index contributed by atoms with van der Waals surface area (Å²) in [6.07, 6.45) is 4.70. The molecule has 0 aromatic carbocycles. The van der Waals surface area contributed by atoms with Gasteiger partial charge in [-0.1, -0.05) is 26.7 Å². The van der Waals surface area contributed by atoms with Crippen molar-refractivity contribution in [1.29, 1.82) is 0 Å². The molecule has 1 rings (SSSR count). The fourth-order valence-electron chi connectivity index (χ4n) is 2.25. The number of ether oxygens (including phenoxy) is 1. The van der Waals surface area contributed by atoms with E-state index in [1.165, 1.54) is 13.5 Å². The lowest BCUT2D eigenvalue weighted by atomic mass is 9.62. The Morgan fingerprint density at radius 1 is 1.36 bits per heavy atom. The topological polar surface area (TPSA) is 52.3 Å². The van der Waals surface area contributed by atoms with Crippen LogP contribution in [0.15, 0.2) is 0 Å². The van der Waals surface area contributed by atoms with Gasteiger partial charge in [-0.05, 0) is 18.3 Å². The van der Waals surface area contributed by atoms with Gasteiger partial charge in [0.2, 0.25) is 0 Å². The number of carbonyl (C=O) groups is 1. The molecule has 1 atom stereocenters. The van der Waals surface area contributed by atoms with Crippen molar-refractivity contribution < 1.29 is 9.53 Å². The smallest absolute Gasteiger partial charge is 0.307 e. The summed E-state index contributed by atoms with van der Waals surface area (Å²) in [6, 6.07) is 0. The number of nitrogens with two attached hydrogens (primary N) is 1. The summed E-state index contributed by atoms with van der Waals surface area (Å²) in [6.45, 7) is 4.30. The van der Waals surface area contributed by atoms with Gasteiger partial charge in [0.25, 0.3) is 0 Å². The van der Waals surface area contributed by atoms with Crippen LogP contribution in [-0.2, 0) is 9.53 Å². The molecule has 82 valence electrons. The third-order valence-corrected chi connectivity index (χ3v) is 3.71. The normalized spacial score (nSPS) is 31.1. The third-order valence-electron chi connectivity index (χ3n) is 3.71. The molecular formula is C11H21NO2. The van der Waals surface area contributed by atoms with Crippen LogP contribution in [0.25, 0.3) is 0 Å². The van der Waals surface area contributed by atoms with E-state index in [1.54, 1.807) is 0 Å². The highest BCUT2D eigenvalue weighted by atomic mass is 16.5. The van der Waals surface area contributed by atoms with Crippen LogP contribution in [0.1, 0.15) is 46.0 Å². The zero-order chi connectivity index (χ0) is 10.8. The molecule has 2 N–H and O–H groups in total. The molecule has 0 saturated heterocycles. The quantitative estimate of drug-likeness (QED) is 0.690. The van der Waals surface area contributed by atoms with Gasteiger partial charge in [-0.25, -0.2) is 0 Å². The second-order valence-electron chi connectivity index (χ2n) is 5.00. The Bertz CT molecular complexity index is 225. The van der Waals surface area contributed by atoms with Gasteiger partial charge in [-0.15, -0.1) is 0 Å². The predicted octanol–water partition coefficient (Wildman–Crippen LogP) is 1.85. The highest BCUT2D eigenvalue weighted by Gasteiger charge is 2.44. The minimum atomic E-state index is -0.377. The van der Waals surface area contributed by atoms with Gasteiger partial charge >= 0.3 is 5.97 Å². The van der Waals surface area contributed by atoms with E-state index in [0.29, 0.717) is 6.42 Å². The van der Waals surface area contributed by atoms with Crippen molar-refractivity contribution >= 4 is 5.97 Å². The van der Waals surface area contributed by atoms with Crippen molar-refractivity contribution in [3.05, 3.63) is 0 Å². The maximum Gasteiger partial charge on any atom is 0.307 e. The second kappa shape index (κ2) is 3.89. The van der Waals surface area contributed by atoms with E-state index in [1.807, 2.05) is 0 Å². The Morgan fingerprint density at radius 3 is 2.43 bits per heavy atom. The monoisotopic (exact) mass is 199 g/mol. The van der Waals surface area contributed by atoms with Gasteiger partial charge in [0.05, 0.1) is 13.5 Å². The molecule has 0 aromatic rings. The molecule has 0 aromatic heterocycles. The standard InChI is InChI=1S/C11H21NO2/c1-10(2)6-4-5-7-11(10,12)8-9(13)14-3/h4-8,12H2,1-3H3. The van der Waals surface area contributed by atoms with E-state index in [-0.39, 0.29) is 16.9 Å². The molecular weight excluding hydrogens is 178 g/mol. The molecule has 0 bridgehead atoms. The molecule has 3 nitrogen and oxygen atoms in total. The number of hydrogen-bond acceptors (Lipinski definition) is 3. The van der Waals surface area contributed by atoms with Crippen molar-refractivity contribution in [3.8, 4) is 0 Å². The molecule has 0 heterocycles. The number of rotatable bonds is 2. The van der Waals surface area contributed by atoms with E-state index in [9.17, 15) is 4.79 Å². The first-order chi connectivity index (χ1) is 6.41. The van der Waals surface area contributed by atoms with Gasteiger partial charge in [-0.2, -0.15) is 0 Å². The van der Waals surface area contributed by atoms with Crippen LogP contribution >= 0.6 is 0 Å². The number of hydrogen-bond donors (Lipinski definition) is 1. The minimum Gasteiger partial charge on any atom is -0.469 e. The first-order valence-corrected chi connectivity index (χ1v) is 5.27. The summed E-state index contributed by atoms with van der Waals surface area (Å²) in [7, 11) is 1.42. The average molecular weight is 199 g/mol. The van der Waals surface area contributed by atoms with Crippen LogP contribution in [0, 0.1) is 5.41 Å². The molecule has 1 aliphatic rings. The Kier molecular flexibility index (Phi) is 3.20. The molecule has 1 aliphatic carbocycles. The third kappa shape index (κ3) is 2.08. The van der Waals surface area contributed by atoms with Crippen molar-refractivity contribution in [1.82, 2.24) is 0 Å². The summed E-state index contributed by atoms with van der Waals surface area (Å²) in [4.78, 5) is 11.3. The molecule has 3 heteroatoms. The van der Waals surface area contributed by atoms with E-state index in [2.05, 4.69) is 13.8 Å². The highest BCUT2D eigenvalue weighted by Crippen LogP contribution is 2.44. The van der Waals surface area contributed by atoms with Crippen molar-refractivity contribution in [2.75, 3.05) is 7.11 Å². The summed E-state index contributed by atoms with van der Waals surface area (Å²) in [5, 5.41) is 0. The van der Waals surface area contributed by atoms with Crippen LogP contribution in [0.4, 0.5) is 0 Å². The van der Waals surface area contributed by atoms with Crippen LogP contribution in [0.3, 0.4) is 0 Å². The lowest BCUT2D eigenvalue weighted by Gasteiger charge is -2.47. The molecule has 0 aliphatic heterocycles. The SMILES string of the molecule is COC(=O)CC1(N)CCCCC1(C)C. The zero-order valence-electron chi connectivity index (χ0n) is 9.43. The van der Waals surface area contributed by atoms with Gasteiger partial charge in [-0.3, -0.25) is 4.79 Å². The van der Waals surface area contributed by atoms with E-state index < -0.39 is 0 Å². The fraction of sp³-hybridized carbons (Fsp3) is 0.909. The Balaban J connectivity index is 2.73. The lowest BCUT2D eigenvalue weighted by molar-refractivity contribution is -0.143. The van der Waals surface area contributed by atoms with Crippen molar-refractivity contribution in [2.45, 2.75) is 51.5 Å². The first kappa shape index (κ1) is 11.5. The Morgan fingerprint density at radius 2 is 1.93 bits per heavy atom. The Hall–Kier alpha value is -0.570. The average Bonchev–Trinajstić information content (AvgIpc) is 2.10. The predicted molar refractivity (Wildman–Crippen MR) is 55.8 cm³/mol. The van der Waals surface area contributed by atoms with Gasteiger partial charge < -0.3 is 10.5 Å². The van der Waals surface area contributed by atoms with Gasteiger partial charge in [0, 0.05) is 5.54 Å². The van der Waals surface area contributed by atoms with Crippen LogP contribution in [-0.4, -0.2) is 18.6 Å². The molecule has 0 radical (unpaired) electrons. The lowest BCUT2D eigenvalue weighted by Crippen LogP contribution is -2.55. The largest absolute Gasteiger partial charge is 0.469 e. The second-order valence-corrected chi connectivity index (χ2v) is 5.00. The molecule has 1 unspecified atom stereocenters. The van der Waals surface area contributed by atoms with Crippen LogP contribution in [0.5, 0.6) is 0 Å². The van der Waals surface area contributed by atoms with Crippen LogP contribution < -0.4 is 5.73 Å². The van der Waals surface area contributed by atoms with E-state index in [0.717, 1.165) is 19.3 Å². The highest BCUT2D eigenvalue weighted by molar-refractivity contribution is 5.71. The maximum atomic E-state index is 11.3. The number of methoxy groups -OCH3 is 1. The molecule has 14 heavy (non-hydrogen) atoms. The molecule has 0 spiro atoms. The van der Waals surface area contributed by atoms with Crippen LogP contribution in [0.2, 0.25) is 0 Å². The Labute approximate surface area is 86.0 Å². The van der Waals surface area contributed by atoms with Gasteiger partial charge in [0.1, 0.15) is 0 Å². The summed E-state index contributed by atoms with van der Waals surface area (Å²) < 4.78 is 4.69. The van der Waals surface area contributed by atoms with E-state index >= 15 is 0 Å². The summed E-state index contributed by atoms with van der Waals surface area (Å²) >= 11 is 0. The maximum absolute atomic E-state index is 11.3. The summed E-state index contributed by atoms with van der Waals surface area (Å²) in [5.41, 5.74) is 5.98. The fourth-order valence-corrected chi connectivity index (χ4v) is 2.25. The molecule has 0 amide bonds. The minimum absolute atomic E-state index is 0.0411. The number of carbonyl (C=O) groups excluding carboxylic acids is 1. The zero-order valence-corrected chi connectivity index (χ0v) is 9.43. The summed E-state index contributed by atoms with van der Waals surface area (Å²) in [5.74, 6) is -0.192. The van der Waals surface area contributed by atoms with E-state index in [4.69, 9.17) is 10.5 Å². The van der Waals surface area contributed by atoms with Gasteiger partial charge in [0.15, 0.2) is 0 Å². The first-order valence-electron chi connectivity index (χ1n) is 5.27.